The molecule has 10 aromatic rings. The van der Waals surface area contributed by atoms with Gasteiger partial charge in [0.05, 0.1) is 11.1 Å². The molecule has 1 aromatic heterocycles. The van der Waals surface area contributed by atoms with Crippen molar-refractivity contribution in [2.45, 2.75) is 5.41 Å². The Hall–Kier alpha value is -7.62. The zero-order valence-electron chi connectivity index (χ0n) is 31.6. The zero-order valence-corrected chi connectivity index (χ0v) is 31.6. The maximum atomic E-state index is 6.96. The highest BCUT2D eigenvalue weighted by atomic mass is 16.3. The molecule has 0 bridgehead atoms. The Morgan fingerprint density at radius 3 is 1.59 bits per heavy atom. The molecule has 0 aliphatic heterocycles. The van der Waals surface area contributed by atoms with Gasteiger partial charge in [0.25, 0.3) is 0 Å². The highest BCUT2D eigenvalue weighted by Gasteiger charge is 2.54. The van der Waals surface area contributed by atoms with Gasteiger partial charge in [0, 0.05) is 50.3 Å². The second-order valence-electron chi connectivity index (χ2n) is 15.2. The number of benzene rings is 9. The number of nitrogens with zero attached hydrogens (tertiary/aromatic N) is 2. The largest absolute Gasteiger partial charge is 0.456 e. The molecule has 3 heteroatoms. The number of hydrogen-bond acceptors (Lipinski definition) is 3. The predicted molar refractivity (Wildman–Crippen MR) is 239 cm³/mol. The third-order valence-corrected chi connectivity index (χ3v) is 12.2. The Bertz CT molecular complexity index is 3140. The Labute approximate surface area is 337 Å². The van der Waals surface area contributed by atoms with Gasteiger partial charge in [-0.25, -0.2) is 0 Å². The summed E-state index contributed by atoms with van der Waals surface area (Å²) in [5.41, 5.74) is 15.5. The van der Waals surface area contributed by atoms with Crippen LogP contribution in [0.3, 0.4) is 0 Å². The molecular formula is C55H36N2O. The molecule has 2 aliphatic rings. The molecule has 272 valence electrons. The van der Waals surface area contributed by atoms with E-state index in [1.807, 2.05) is 0 Å². The summed E-state index contributed by atoms with van der Waals surface area (Å²) in [6.07, 6.45) is 0. The third kappa shape index (κ3) is 4.62. The van der Waals surface area contributed by atoms with Gasteiger partial charge in [0.15, 0.2) is 0 Å². The lowest BCUT2D eigenvalue weighted by Crippen LogP contribution is -2.26. The lowest BCUT2D eigenvalue weighted by atomic mass is 9.70. The Morgan fingerprint density at radius 1 is 0.345 bits per heavy atom. The van der Waals surface area contributed by atoms with Gasteiger partial charge in [-0.2, -0.15) is 0 Å². The lowest BCUT2D eigenvalue weighted by molar-refractivity contribution is 0.628. The van der Waals surface area contributed by atoms with E-state index in [4.69, 9.17) is 4.42 Å². The van der Waals surface area contributed by atoms with Crippen molar-refractivity contribution >= 4 is 55.9 Å². The maximum absolute atomic E-state index is 6.96. The number of para-hydroxylation sites is 4. The van der Waals surface area contributed by atoms with Crippen LogP contribution in [0.1, 0.15) is 22.3 Å². The average Bonchev–Trinajstić information content (AvgIpc) is 3.91. The summed E-state index contributed by atoms with van der Waals surface area (Å²) in [7, 11) is 0. The second kappa shape index (κ2) is 12.7. The summed E-state index contributed by atoms with van der Waals surface area (Å²) >= 11 is 0. The molecule has 58 heavy (non-hydrogen) atoms. The third-order valence-electron chi connectivity index (χ3n) is 12.2. The molecule has 0 saturated heterocycles. The van der Waals surface area contributed by atoms with Gasteiger partial charge in [0.1, 0.15) is 11.3 Å². The van der Waals surface area contributed by atoms with Crippen molar-refractivity contribution in [3.8, 4) is 22.5 Å². The molecule has 0 fully saturated rings. The first-order valence-electron chi connectivity index (χ1n) is 19.9. The molecule has 1 spiro atoms. The second-order valence-corrected chi connectivity index (χ2v) is 15.2. The van der Waals surface area contributed by atoms with Crippen LogP contribution in [0.15, 0.2) is 223 Å². The monoisotopic (exact) mass is 740 g/mol. The van der Waals surface area contributed by atoms with Gasteiger partial charge >= 0.3 is 0 Å². The molecule has 2 aliphatic carbocycles. The highest BCUT2D eigenvalue weighted by Crippen LogP contribution is 2.66. The molecule has 9 aromatic carbocycles. The summed E-state index contributed by atoms with van der Waals surface area (Å²) in [6, 6.07) is 79.1. The van der Waals surface area contributed by atoms with Crippen molar-refractivity contribution in [3.05, 3.63) is 241 Å². The van der Waals surface area contributed by atoms with Crippen LogP contribution in [0.2, 0.25) is 0 Å². The number of hydrogen-bond donors (Lipinski definition) is 0. The topological polar surface area (TPSA) is 19.6 Å². The van der Waals surface area contributed by atoms with Gasteiger partial charge in [-0.3, -0.25) is 0 Å². The summed E-state index contributed by atoms with van der Waals surface area (Å²) in [6.45, 7) is 0. The van der Waals surface area contributed by atoms with Crippen molar-refractivity contribution < 1.29 is 4.42 Å². The van der Waals surface area contributed by atoms with Crippen LogP contribution in [0.4, 0.5) is 34.1 Å². The normalized spacial score (nSPS) is 14.6. The maximum Gasteiger partial charge on any atom is 0.140 e. The van der Waals surface area contributed by atoms with Crippen LogP contribution in [0, 0.1) is 0 Å². The van der Waals surface area contributed by atoms with E-state index in [0.717, 1.165) is 56.4 Å². The summed E-state index contributed by atoms with van der Waals surface area (Å²) in [5.74, 6) is 0.941. The quantitative estimate of drug-likeness (QED) is 0.169. The number of anilines is 6. The molecule has 3 nitrogen and oxygen atoms in total. The van der Waals surface area contributed by atoms with E-state index >= 15 is 0 Å². The van der Waals surface area contributed by atoms with Gasteiger partial charge in [0.2, 0.25) is 0 Å². The van der Waals surface area contributed by atoms with Crippen molar-refractivity contribution in [2.75, 3.05) is 9.80 Å². The van der Waals surface area contributed by atoms with E-state index in [1.54, 1.807) is 0 Å². The molecule has 1 heterocycles. The fourth-order valence-electron chi connectivity index (χ4n) is 9.90. The molecule has 12 rings (SSSR count). The van der Waals surface area contributed by atoms with Crippen LogP contribution in [0.5, 0.6) is 0 Å². The molecule has 0 radical (unpaired) electrons. The minimum atomic E-state index is -0.657. The first kappa shape index (κ1) is 32.6. The molecule has 1 atom stereocenters. The minimum Gasteiger partial charge on any atom is -0.456 e. The van der Waals surface area contributed by atoms with Crippen molar-refractivity contribution in [1.29, 1.82) is 0 Å². The SMILES string of the molecule is c1ccc(N(c2ccccc2)c2ccc3c(c2)C2(c4ccccc4-c4ccc(N(c5ccccc5)c5cccc6ccccc56)cc42)c2c-3oc3ccccc23)cc1. The fraction of sp³-hybridized carbons (Fsp3) is 0.0182. The van der Waals surface area contributed by atoms with Crippen LogP contribution >= 0.6 is 0 Å². The summed E-state index contributed by atoms with van der Waals surface area (Å²) < 4.78 is 6.96. The first-order valence-corrected chi connectivity index (χ1v) is 19.9. The Balaban J connectivity index is 1.17. The van der Waals surface area contributed by atoms with Gasteiger partial charge in [-0.15, -0.1) is 0 Å². The van der Waals surface area contributed by atoms with Gasteiger partial charge < -0.3 is 14.2 Å². The van der Waals surface area contributed by atoms with E-state index in [-0.39, 0.29) is 0 Å². The molecule has 0 saturated carbocycles. The predicted octanol–water partition coefficient (Wildman–Crippen LogP) is 14.9. The smallest absolute Gasteiger partial charge is 0.140 e. The molecule has 0 N–H and O–H groups in total. The van der Waals surface area contributed by atoms with Crippen LogP contribution in [-0.4, -0.2) is 0 Å². The van der Waals surface area contributed by atoms with Gasteiger partial charge in [-0.05, 0) is 112 Å². The average molecular weight is 741 g/mol. The number of fused-ring (bicyclic) bond motifs is 13. The van der Waals surface area contributed by atoms with E-state index < -0.39 is 5.41 Å². The standard InChI is InChI=1S/C55H36N2O/c1-4-19-38(20-5-1)56(39-21-6-2-7-22-39)41-32-34-46-50(35-41)55(53-47-27-13-15-30-52(47)58-54(46)53)48-28-14-12-26-44(48)45-33-31-42(36-49(45)55)57(40-23-8-3-9-24-40)51-29-16-18-37-17-10-11-25-43(37)51/h1-36H. The van der Waals surface area contributed by atoms with Crippen LogP contribution in [-0.2, 0) is 5.41 Å². The Morgan fingerprint density at radius 2 is 0.862 bits per heavy atom. The van der Waals surface area contributed by atoms with Gasteiger partial charge in [-0.1, -0.05) is 140 Å². The van der Waals surface area contributed by atoms with Crippen molar-refractivity contribution in [2.24, 2.45) is 0 Å². The fourth-order valence-corrected chi connectivity index (χ4v) is 9.90. The zero-order chi connectivity index (χ0) is 38.2. The van der Waals surface area contributed by atoms with E-state index in [0.29, 0.717) is 0 Å². The minimum absolute atomic E-state index is 0.657. The lowest BCUT2D eigenvalue weighted by Gasteiger charge is -2.33. The van der Waals surface area contributed by atoms with Crippen molar-refractivity contribution in [1.82, 2.24) is 0 Å². The molecule has 1 unspecified atom stereocenters. The first-order chi connectivity index (χ1) is 28.8. The Kier molecular flexibility index (Phi) is 7.14. The highest BCUT2D eigenvalue weighted by molar-refractivity contribution is 6.04. The number of furan rings is 1. The van der Waals surface area contributed by atoms with Crippen LogP contribution in [0.25, 0.3) is 44.2 Å². The number of rotatable bonds is 6. The van der Waals surface area contributed by atoms with Crippen molar-refractivity contribution in [3.63, 3.8) is 0 Å². The van der Waals surface area contributed by atoms with E-state index in [2.05, 4.69) is 228 Å². The summed E-state index contributed by atoms with van der Waals surface area (Å²) in [5, 5.41) is 3.55. The summed E-state index contributed by atoms with van der Waals surface area (Å²) in [4.78, 5) is 4.79. The molecule has 0 amide bonds. The van der Waals surface area contributed by atoms with Crippen LogP contribution < -0.4 is 9.80 Å². The molecular weight excluding hydrogens is 705 g/mol. The van der Waals surface area contributed by atoms with E-state index in [1.165, 1.54) is 44.2 Å². The van der Waals surface area contributed by atoms with E-state index in [9.17, 15) is 0 Å².